The summed E-state index contributed by atoms with van der Waals surface area (Å²) in [5.41, 5.74) is 1.91. The van der Waals surface area contributed by atoms with Crippen molar-refractivity contribution in [2.45, 2.75) is 31.2 Å². The molecule has 3 atom stereocenters. The minimum Gasteiger partial charge on any atom is -0.353 e. The van der Waals surface area contributed by atoms with E-state index in [2.05, 4.69) is 4.90 Å². The molecular formula is C18H17N3O5. The minimum atomic E-state index is -0.425. The molecule has 2 saturated heterocycles. The fraction of sp³-hybridized carbons (Fsp3) is 0.333. The van der Waals surface area contributed by atoms with Crippen molar-refractivity contribution in [2.75, 3.05) is 6.54 Å². The normalized spacial score (nSPS) is 25.2. The van der Waals surface area contributed by atoms with Crippen LogP contribution in [0.4, 0.5) is 11.4 Å². The van der Waals surface area contributed by atoms with Gasteiger partial charge in [-0.1, -0.05) is 12.1 Å². The number of nitro benzene ring substituents is 2. The molecule has 2 aliphatic heterocycles. The molecule has 2 aromatic carbocycles. The summed E-state index contributed by atoms with van der Waals surface area (Å²) in [6, 6.07) is 12.9. The number of hydrogen-bond acceptors (Lipinski definition) is 6. The van der Waals surface area contributed by atoms with E-state index in [1.54, 1.807) is 24.3 Å². The Bertz CT molecular complexity index is 837. The van der Waals surface area contributed by atoms with Crippen LogP contribution in [0.1, 0.15) is 36.1 Å². The van der Waals surface area contributed by atoms with E-state index in [9.17, 15) is 20.2 Å². The van der Waals surface area contributed by atoms with Gasteiger partial charge in [-0.05, 0) is 36.1 Å². The molecule has 2 aromatic rings. The second-order valence-corrected chi connectivity index (χ2v) is 6.53. The molecule has 134 valence electrons. The quantitative estimate of drug-likeness (QED) is 0.612. The Morgan fingerprint density at radius 2 is 1.42 bits per heavy atom. The first-order valence-electron chi connectivity index (χ1n) is 8.44. The predicted octanol–water partition coefficient (Wildman–Crippen LogP) is 3.74. The molecule has 4 rings (SSSR count). The molecule has 2 aliphatic rings. The molecule has 0 aromatic heterocycles. The lowest BCUT2D eigenvalue weighted by Crippen LogP contribution is -2.26. The van der Waals surface area contributed by atoms with Crippen LogP contribution in [-0.4, -0.2) is 27.5 Å². The van der Waals surface area contributed by atoms with Crippen LogP contribution in [0.15, 0.2) is 48.5 Å². The molecule has 8 nitrogen and oxygen atoms in total. The van der Waals surface area contributed by atoms with Gasteiger partial charge >= 0.3 is 0 Å². The SMILES string of the molecule is O=[N+]([O-])c1ccc([C@@H]2O[C@@H]3CCCN3[C@H]2c2ccc([N+](=O)[O-])cc2)cc1. The second-order valence-electron chi connectivity index (χ2n) is 6.53. The summed E-state index contributed by atoms with van der Waals surface area (Å²) in [7, 11) is 0. The first-order valence-corrected chi connectivity index (χ1v) is 8.44. The van der Waals surface area contributed by atoms with Crippen molar-refractivity contribution in [3.8, 4) is 0 Å². The van der Waals surface area contributed by atoms with E-state index >= 15 is 0 Å². The highest BCUT2D eigenvalue weighted by Gasteiger charge is 2.45. The van der Waals surface area contributed by atoms with E-state index in [1.807, 2.05) is 0 Å². The predicted molar refractivity (Wildman–Crippen MR) is 92.5 cm³/mol. The fourth-order valence-corrected chi connectivity index (χ4v) is 3.85. The molecule has 2 heterocycles. The monoisotopic (exact) mass is 355 g/mol. The molecule has 0 amide bonds. The summed E-state index contributed by atoms with van der Waals surface area (Å²) < 4.78 is 6.24. The summed E-state index contributed by atoms with van der Waals surface area (Å²) in [4.78, 5) is 23.2. The molecule has 0 bridgehead atoms. The Hall–Kier alpha value is -2.84. The molecule has 2 fully saturated rings. The zero-order chi connectivity index (χ0) is 18.3. The third-order valence-electron chi connectivity index (χ3n) is 5.06. The Morgan fingerprint density at radius 1 is 0.885 bits per heavy atom. The molecule has 0 saturated carbocycles. The van der Waals surface area contributed by atoms with Gasteiger partial charge in [0.1, 0.15) is 12.3 Å². The van der Waals surface area contributed by atoms with Crippen LogP contribution in [0.3, 0.4) is 0 Å². The van der Waals surface area contributed by atoms with Gasteiger partial charge in [0.2, 0.25) is 0 Å². The van der Waals surface area contributed by atoms with Crippen LogP contribution < -0.4 is 0 Å². The second kappa shape index (κ2) is 6.47. The summed E-state index contributed by atoms with van der Waals surface area (Å²) in [5.74, 6) is 0. The van der Waals surface area contributed by atoms with Gasteiger partial charge in [0.25, 0.3) is 11.4 Å². The highest BCUT2D eigenvalue weighted by atomic mass is 16.6. The number of benzene rings is 2. The van der Waals surface area contributed by atoms with Gasteiger partial charge in [-0.15, -0.1) is 0 Å². The molecule has 0 N–H and O–H groups in total. The number of nitro groups is 2. The molecule has 0 radical (unpaired) electrons. The molecule has 0 unspecified atom stereocenters. The third-order valence-corrected chi connectivity index (χ3v) is 5.06. The average Bonchev–Trinajstić information content (AvgIpc) is 3.23. The highest BCUT2D eigenvalue weighted by molar-refractivity contribution is 5.38. The van der Waals surface area contributed by atoms with Crippen LogP contribution in [-0.2, 0) is 4.74 Å². The van der Waals surface area contributed by atoms with Crippen LogP contribution in [0.5, 0.6) is 0 Å². The van der Waals surface area contributed by atoms with Crippen molar-refractivity contribution in [1.82, 2.24) is 4.90 Å². The maximum absolute atomic E-state index is 10.9. The standard InChI is InChI=1S/C18H17N3O5/c22-20(23)14-7-3-12(4-8-14)17-18(26-16-2-1-11-19(16)17)13-5-9-15(10-6-13)21(24)25/h3-10,16-18H,1-2,11H2/t16-,17+,18+/m1/s1. The van der Waals surface area contributed by atoms with Crippen molar-refractivity contribution in [2.24, 2.45) is 0 Å². The van der Waals surface area contributed by atoms with E-state index in [0.29, 0.717) is 0 Å². The number of fused-ring (bicyclic) bond motifs is 1. The van der Waals surface area contributed by atoms with Crippen LogP contribution in [0.2, 0.25) is 0 Å². The summed E-state index contributed by atoms with van der Waals surface area (Å²) in [6.45, 7) is 0.899. The van der Waals surface area contributed by atoms with Gasteiger partial charge in [0.05, 0.1) is 15.9 Å². The van der Waals surface area contributed by atoms with Crippen molar-refractivity contribution < 1.29 is 14.6 Å². The van der Waals surface area contributed by atoms with E-state index in [0.717, 1.165) is 30.5 Å². The van der Waals surface area contributed by atoms with Crippen molar-refractivity contribution >= 4 is 11.4 Å². The topological polar surface area (TPSA) is 98.8 Å². The number of nitrogens with zero attached hydrogens (tertiary/aromatic N) is 3. The van der Waals surface area contributed by atoms with Gasteiger partial charge in [-0.2, -0.15) is 0 Å². The average molecular weight is 355 g/mol. The zero-order valence-corrected chi connectivity index (χ0v) is 13.9. The van der Waals surface area contributed by atoms with Crippen LogP contribution in [0.25, 0.3) is 0 Å². The number of hydrogen-bond donors (Lipinski definition) is 0. The first kappa shape index (κ1) is 16.6. The molecule has 0 spiro atoms. The van der Waals surface area contributed by atoms with E-state index in [1.165, 1.54) is 24.3 Å². The van der Waals surface area contributed by atoms with Gasteiger partial charge in [-0.25, -0.2) is 0 Å². The van der Waals surface area contributed by atoms with Crippen molar-refractivity contribution in [3.63, 3.8) is 0 Å². The maximum atomic E-state index is 10.9. The van der Waals surface area contributed by atoms with Gasteiger partial charge < -0.3 is 4.74 Å². The van der Waals surface area contributed by atoms with Crippen LogP contribution in [0, 0.1) is 20.2 Å². The number of rotatable bonds is 4. The fourth-order valence-electron chi connectivity index (χ4n) is 3.85. The lowest BCUT2D eigenvalue weighted by atomic mass is 9.95. The van der Waals surface area contributed by atoms with E-state index in [4.69, 9.17) is 4.74 Å². The van der Waals surface area contributed by atoms with E-state index in [-0.39, 0.29) is 29.7 Å². The van der Waals surface area contributed by atoms with Gasteiger partial charge in [-0.3, -0.25) is 25.1 Å². The molecule has 26 heavy (non-hydrogen) atoms. The number of ether oxygens (including phenoxy) is 1. The Morgan fingerprint density at radius 3 is 1.96 bits per heavy atom. The van der Waals surface area contributed by atoms with Crippen LogP contribution >= 0.6 is 0 Å². The minimum absolute atomic E-state index is 0.00961. The third kappa shape index (κ3) is 2.83. The van der Waals surface area contributed by atoms with Gasteiger partial charge in [0, 0.05) is 30.8 Å². The smallest absolute Gasteiger partial charge is 0.269 e. The zero-order valence-electron chi connectivity index (χ0n) is 13.9. The Kier molecular flexibility index (Phi) is 4.14. The van der Waals surface area contributed by atoms with Crippen molar-refractivity contribution in [1.29, 1.82) is 0 Å². The van der Waals surface area contributed by atoms with Crippen molar-refractivity contribution in [3.05, 3.63) is 79.9 Å². The Balaban J connectivity index is 1.68. The lowest BCUT2D eigenvalue weighted by molar-refractivity contribution is -0.385. The first-order chi connectivity index (χ1) is 12.5. The highest BCUT2D eigenvalue weighted by Crippen LogP contribution is 2.48. The van der Waals surface area contributed by atoms with E-state index < -0.39 is 9.85 Å². The summed E-state index contributed by atoms with van der Waals surface area (Å²) in [5, 5.41) is 21.8. The summed E-state index contributed by atoms with van der Waals surface area (Å²) in [6.07, 6.45) is 1.73. The molecule has 8 heteroatoms. The Labute approximate surface area is 149 Å². The number of non-ortho nitro benzene ring substituents is 2. The largest absolute Gasteiger partial charge is 0.353 e. The lowest BCUT2D eigenvalue weighted by Gasteiger charge is -2.25. The maximum Gasteiger partial charge on any atom is 0.269 e. The summed E-state index contributed by atoms with van der Waals surface area (Å²) >= 11 is 0. The van der Waals surface area contributed by atoms with Gasteiger partial charge in [0.15, 0.2) is 0 Å². The molecule has 0 aliphatic carbocycles. The molecular weight excluding hydrogens is 338 g/mol.